The second-order valence-corrected chi connectivity index (χ2v) is 5.97. The molecular weight excluding hydrogens is 234 g/mol. The highest BCUT2D eigenvalue weighted by molar-refractivity contribution is 6.62. The van der Waals surface area contributed by atoms with Crippen LogP contribution in [0.25, 0.3) is 0 Å². The maximum Gasteiger partial charge on any atom is 0.523 e. The summed E-state index contributed by atoms with van der Waals surface area (Å²) in [5, 5.41) is 3.22. The van der Waals surface area contributed by atoms with Gasteiger partial charge in [-0.2, -0.15) is 0 Å². The molecule has 0 spiro atoms. The molecule has 0 fully saturated rings. The molecule has 0 saturated heterocycles. The lowest BCUT2D eigenvalue weighted by atomic mass is 10.5. The highest BCUT2D eigenvalue weighted by Gasteiger charge is 2.46. The number of hydrogen-bond donors (Lipinski definition) is 1. The van der Waals surface area contributed by atoms with E-state index in [-0.39, 0.29) is 18.1 Å². The molecule has 1 atom stereocenters. The van der Waals surface area contributed by atoms with Gasteiger partial charge in [-0.1, -0.05) is 13.0 Å². The first kappa shape index (κ1) is 17.3. The van der Waals surface area contributed by atoms with Crippen LogP contribution in [0.15, 0.2) is 12.3 Å². The van der Waals surface area contributed by atoms with Gasteiger partial charge in [0.05, 0.1) is 5.67 Å². The van der Waals surface area contributed by atoms with Crippen LogP contribution in [0.4, 0.5) is 0 Å². The molecule has 92 valence electrons. The Morgan fingerprint density at radius 1 is 1.20 bits per heavy atom. The summed E-state index contributed by atoms with van der Waals surface area (Å²) in [4.78, 5) is 0. The van der Waals surface area contributed by atoms with E-state index in [0.717, 1.165) is 6.42 Å². The second kappa shape index (κ2) is 9.17. The van der Waals surface area contributed by atoms with Crippen LogP contribution in [0.3, 0.4) is 0 Å². The zero-order chi connectivity index (χ0) is 11.0. The summed E-state index contributed by atoms with van der Waals surface area (Å²) >= 11 is 0. The Morgan fingerprint density at radius 2 is 1.67 bits per heavy atom. The lowest BCUT2D eigenvalue weighted by molar-refractivity contribution is 0.108. The maximum absolute atomic E-state index is 5.38. The smallest absolute Gasteiger partial charge is 0.384 e. The van der Waals surface area contributed by atoms with Gasteiger partial charge in [-0.25, -0.2) is 0 Å². The van der Waals surface area contributed by atoms with Crippen molar-refractivity contribution in [1.29, 1.82) is 0 Å². The number of hydrogen-bond acceptors (Lipinski definition) is 4. The molecule has 0 rings (SSSR count). The number of allylic oxidation sites excluding steroid dienone is 1. The van der Waals surface area contributed by atoms with Crippen LogP contribution in [0, 0.1) is 0 Å². The number of nitrogens with one attached hydrogen (secondary N) is 1. The molecule has 0 aromatic rings. The SMILES string of the molecule is C/C=C\NC(CC)[Si](OC)(OC)OC.Cl. The molecule has 0 saturated carbocycles. The fourth-order valence-corrected chi connectivity index (χ4v) is 3.51. The van der Waals surface area contributed by atoms with Crippen LogP contribution in [0.2, 0.25) is 0 Å². The van der Waals surface area contributed by atoms with E-state index in [1.165, 1.54) is 0 Å². The molecule has 0 aliphatic rings. The van der Waals surface area contributed by atoms with E-state index in [4.69, 9.17) is 13.3 Å². The van der Waals surface area contributed by atoms with E-state index in [1.807, 2.05) is 19.2 Å². The van der Waals surface area contributed by atoms with E-state index < -0.39 is 8.80 Å². The van der Waals surface area contributed by atoms with Crippen LogP contribution in [0.5, 0.6) is 0 Å². The van der Waals surface area contributed by atoms with Crippen LogP contribution in [-0.2, 0) is 13.3 Å². The summed E-state index contributed by atoms with van der Waals surface area (Å²) < 4.78 is 16.2. The molecule has 0 heterocycles. The van der Waals surface area contributed by atoms with Crippen molar-refractivity contribution >= 4 is 21.2 Å². The van der Waals surface area contributed by atoms with Crippen molar-refractivity contribution in [1.82, 2.24) is 5.32 Å². The Hall–Kier alpha value is -0.0731. The summed E-state index contributed by atoms with van der Waals surface area (Å²) in [5.41, 5.74) is 0.0960. The first-order valence-corrected chi connectivity index (χ1v) is 6.53. The Labute approximate surface area is 99.8 Å². The van der Waals surface area contributed by atoms with Gasteiger partial charge in [-0.3, -0.25) is 0 Å². The summed E-state index contributed by atoms with van der Waals surface area (Å²) in [6.07, 6.45) is 4.71. The van der Waals surface area contributed by atoms with Gasteiger partial charge >= 0.3 is 8.80 Å². The van der Waals surface area contributed by atoms with E-state index >= 15 is 0 Å². The van der Waals surface area contributed by atoms with Crippen molar-refractivity contribution in [2.45, 2.75) is 25.9 Å². The third-order valence-electron chi connectivity index (χ3n) is 2.15. The topological polar surface area (TPSA) is 39.7 Å². The van der Waals surface area contributed by atoms with Gasteiger partial charge in [0.25, 0.3) is 0 Å². The van der Waals surface area contributed by atoms with Crippen molar-refractivity contribution in [3.05, 3.63) is 12.3 Å². The second-order valence-electron chi connectivity index (χ2n) is 2.84. The summed E-state index contributed by atoms with van der Waals surface area (Å²) in [5.74, 6) is 0. The molecule has 0 aromatic carbocycles. The summed E-state index contributed by atoms with van der Waals surface area (Å²) in [6, 6.07) is 0. The van der Waals surface area contributed by atoms with Crippen LogP contribution >= 0.6 is 12.4 Å². The Bertz CT molecular complexity index is 168. The Morgan fingerprint density at radius 3 is 1.93 bits per heavy atom. The average Bonchev–Trinajstić information content (AvgIpc) is 2.25. The molecule has 15 heavy (non-hydrogen) atoms. The Balaban J connectivity index is 0. The summed E-state index contributed by atoms with van der Waals surface area (Å²) in [6.45, 7) is 4.02. The summed E-state index contributed by atoms with van der Waals surface area (Å²) in [7, 11) is 2.33. The first-order valence-electron chi connectivity index (χ1n) is 4.73. The third kappa shape index (κ3) is 4.52. The molecule has 0 bridgehead atoms. The monoisotopic (exact) mass is 255 g/mol. The van der Waals surface area contributed by atoms with Crippen molar-refractivity contribution in [3.8, 4) is 0 Å². The highest BCUT2D eigenvalue weighted by atomic mass is 35.5. The number of rotatable bonds is 7. The third-order valence-corrected chi connectivity index (χ3v) is 5.29. The molecule has 0 aliphatic heterocycles. The predicted molar refractivity (Wildman–Crippen MR) is 66.1 cm³/mol. The minimum atomic E-state index is -2.55. The molecule has 6 heteroatoms. The zero-order valence-corrected chi connectivity index (χ0v) is 11.9. The molecule has 0 aliphatic carbocycles. The Kier molecular flexibility index (Phi) is 10.6. The van der Waals surface area contributed by atoms with Gasteiger partial charge < -0.3 is 18.6 Å². The molecule has 0 amide bonds. The van der Waals surface area contributed by atoms with Crippen molar-refractivity contribution in [2.75, 3.05) is 21.3 Å². The minimum Gasteiger partial charge on any atom is -0.384 e. The van der Waals surface area contributed by atoms with Gasteiger partial charge in [0.2, 0.25) is 0 Å². The minimum absolute atomic E-state index is 0. The molecular formula is C9H22ClNO3Si. The fourth-order valence-electron chi connectivity index (χ4n) is 1.36. The maximum atomic E-state index is 5.38. The molecule has 0 radical (unpaired) electrons. The molecule has 1 N–H and O–H groups in total. The molecule has 4 nitrogen and oxygen atoms in total. The lowest BCUT2D eigenvalue weighted by Gasteiger charge is -2.31. The van der Waals surface area contributed by atoms with Gasteiger partial charge in [0, 0.05) is 21.3 Å². The fraction of sp³-hybridized carbons (Fsp3) is 0.778. The van der Waals surface area contributed by atoms with Gasteiger partial charge in [-0.15, -0.1) is 12.4 Å². The largest absolute Gasteiger partial charge is 0.523 e. The van der Waals surface area contributed by atoms with Gasteiger partial charge in [0.1, 0.15) is 0 Å². The normalized spacial score (nSPS) is 13.7. The van der Waals surface area contributed by atoms with Crippen molar-refractivity contribution < 1.29 is 13.3 Å². The predicted octanol–water partition coefficient (Wildman–Crippen LogP) is 1.73. The van der Waals surface area contributed by atoms with Crippen molar-refractivity contribution in [2.24, 2.45) is 0 Å². The zero-order valence-electron chi connectivity index (χ0n) is 10.1. The van der Waals surface area contributed by atoms with Crippen LogP contribution < -0.4 is 5.32 Å². The number of halogens is 1. The average molecular weight is 256 g/mol. The van der Waals surface area contributed by atoms with E-state index in [9.17, 15) is 0 Å². The quantitative estimate of drug-likeness (QED) is 0.704. The van der Waals surface area contributed by atoms with Gasteiger partial charge in [-0.05, 0) is 19.5 Å². The van der Waals surface area contributed by atoms with E-state index in [0.29, 0.717) is 0 Å². The van der Waals surface area contributed by atoms with Crippen molar-refractivity contribution in [3.63, 3.8) is 0 Å². The van der Waals surface area contributed by atoms with Crippen LogP contribution in [-0.4, -0.2) is 35.8 Å². The van der Waals surface area contributed by atoms with Crippen LogP contribution in [0.1, 0.15) is 20.3 Å². The first-order chi connectivity index (χ1) is 6.70. The van der Waals surface area contributed by atoms with E-state index in [1.54, 1.807) is 21.3 Å². The van der Waals surface area contributed by atoms with Gasteiger partial charge in [0.15, 0.2) is 0 Å². The molecule has 1 unspecified atom stereocenters. The highest BCUT2D eigenvalue weighted by Crippen LogP contribution is 2.14. The molecule has 0 aromatic heterocycles. The standard InChI is InChI=1S/C9H21NO3Si.ClH/c1-6-8-10-9(7-2)14(11-3,12-4)13-5;/h6,8-10H,7H2,1-5H3;1H/b8-6-;. The van der Waals surface area contributed by atoms with E-state index in [2.05, 4.69) is 12.2 Å². The lowest BCUT2D eigenvalue weighted by Crippen LogP contribution is -2.59.